The Morgan fingerprint density at radius 3 is 2.86 bits per heavy atom. The van der Waals surface area contributed by atoms with Gasteiger partial charge in [0.15, 0.2) is 11.5 Å². The molecule has 2 heterocycles. The average Bonchev–Trinajstić information content (AvgIpc) is 3.14. The molecule has 7 heteroatoms. The van der Waals surface area contributed by atoms with Crippen LogP contribution in [0, 0.1) is 0 Å². The van der Waals surface area contributed by atoms with Crippen LogP contribution in [-0.4, -0.2) is 43.7 Å². The predicted octanol–water partition coefficient (Wildman–Crippen LogP) is 1.89. The van der Waals surface area contributed by atoms with Crippen molar-refractivity contribution in [2.24, 2.45) is 0 Å². The van der Waals surface area contributed by atoms with Crippen LogP contribution in [0.3, 0.4) is 0 Å². The summed E-state index contributed by atoms with van der Waals surface area (Å²) in [6.07, 6.45) is 6.80. The first-order chi connectivity index (χ1) is 10.3. The van der Waals surface area contributed by atoms with Crippen molar-refractivity contribution in [3.05, 3.63) is 6.33 Å². The summed E-state index contributed by atoms with van der Waals surface area (Å²) < 4.78 is 0. The number of anilines is 2. The fourth-order valence-electron chi connectivity index (χ4n) is 2.87. The Hall–Kier alpha value is -1.89. The molecule has 0 aliphatic heterocycles. The van der Waals surface area contributed by atoms with E-state index in [2.05, 4.69) is 37.5 Å². The number of nitrogens with one attached hydrogen (secondary N) is 3. The standard InChI is InChI=1S/C14H22N6O/c1-2-7-15-13-18-11-10(16-9-17-11)12(19-13)20-14(8-21)5-3-4-6-14/h9,21H,2-8H2,1H3,(H3,15,16,17,18,19,20). The molecule has 1 fully saturated rings. The lowest BCUT2D eigenvalue weighted by Gasteiger charge is -2.28. The fourth-order valence-corrected chi connectivity index (χ4v) is 2.87. The van der Waals surface area contributed by atoms with Gasteiger partial charge < -0.3 is 20.7 Å². The topological polar surface area (TPSA) is 98.8 Å². The van der Waals surface area contributed by atoms with Crippen LogP contribution in [-0.2, 0) is 0 Å². The number of hydrogen-bond donors (Lipinski definition) is 4. The molecular weight excluding hydrogens is 268 g/mol. The van der Waals surface area contributed by atoms with E-state index >= 15 is 0 Å². The molecule has 1 saturated carbocycles. The minimum absolute atomic E-state index is 0.115. The van der Waals surface area contributed by atoms with Gasteiger partial charge in [-0.15, -0.1) is 0 Å². The molecule has 0 unspecified atom stereocenters. The first-order valence-electron chi connectivity index (χ1n) is 7.60. The molecule has 1 aliphatic rings. The van der Waals surface area contributed by atoms with E-state index in [0.29, 0.717) is 17.4 Å². The first kappa shape index (κ1) is 14.1. The van der Waals surface area contributed by atoms with Crippen molar-refractivity contribution >= 4 is 22.9 Å². The van der Waals surface area contributed by atoms with Crippen LogP contribution < -0.4 is 10.6 Å². The largest absolute Gasteiger partial charge is 0.394 e. The summed E-state index contributed by atoms with van der Waals surface area (Å²) in [6, 6.07) is 0. The molecule has 4 N–H and O–H groups in total. The zero-order chi connectivity index (χ0) is 14.7. The molecule has 0 amide bonds. The highest BCUT2D eigenvalue weighted by Crippen LogP contribution is 2.33. The summed E-state index contributed by atoms with van der Waals surface area (Å²) >= 11 is 0. The van der Waals surface area contributed by atoms with Crippen molar-refractivity contribution in [2.45, 2.75) is 44.6 Å². The molecular formula is C14H22N6O. The van der Waals surface area contributed by atoms with Crippen LogP contribution in [0.25, 0.3) is 11.2 Å². The quantitative estimate of drug-likeness (QED) is 0.648. The summed E-state index contributed by atoms with van der Waals surface area (Å²) in [7, 11) is 0. The molecule has 2 aromatic heterocycles. The van der Waals surface area contributed by atoms with Gasteiger partial charge in [-0.1, -0.05) is 19.8 Å². The maximum atomic E-state index is 9.76. The number of aromatic nitrogens is 4. The van der Waals surface area contributed by atoms with E-state index in [0.717, 1.165) is 44.2 Å². The molecule has 2 aromatic rings. The summed E-state index contributed by atoms with van der Waals surface area (Å²) in [4.78, 5) is 16.2. The van der Waals surface area contributed by atoms with E-state index in [1.807, 2.05) is 0 Å². The highest BCUT2D eigenvalue weighted by molar-refractivity contribution is 5.84. The highest BCUT2D eigenvalue weighted by Gasteiger charge is 2.34. The van der Waals surface area contributed by atoms with Crippen LogP contribution in [0.2, 0.25) is 0 Å². The second kappa shape index (κ2) is 5.85. The highest BCUT2D eigenvalue weighted by atomic mass is 16.3. The Bertz CT molecular complexity index is 605. The second-order valence-corrected chi connectivity index (χ2v) is 5.69. The number of aliphatic hydroxyl groups excluding tert-OH is 1. The molecule has 0 saturated heterocycles. The number of nitrogens with zero attached hydrogens (tertiary/aromatic N) is 3. The molecule has 7 nitrogen and oxygen atoms in total. The molecule has 1 aliphatic carbocycles. The van der Waals surface area contributed by atoms with E-state index in [9.17, 15) is 5.11 Å². The Morgan fingerprint density at radius 1 is 1.33 bits per heavy atom. The number of aromatic amines is 1. The minimum atomic E-state index is -0.269. The Balaban J connectivity index is 1.93. The number of rotatable bonds is 6. The van der Waals surface area contributed by atoms with Crippen LogP contribution in [0.15, 0.2) is 6.33 Å². The van der Waals surface area contributed by atoms with Crippen molar-refractivity contribution in [3.63, 3.8) is 0 Å². The van der Waals surface area contributed by atoms with Crippen molar-refractivity contribution in [1.82, 2.24) is 19.9 Å². The zero-order valence-corrected chi connectivity index (χ0v) is 12.3. The van der Waals surface area contributed by atoms with Gasteiger partial charge in [0.2, 0.25) is 5.95 Å². The van der Waals surface area contributed by atoms with Crippen molar-refractivity contribution < 1.29 is 5.11 Å². The van der Waals surface area contributed by atoms with Crippen molar-refractivity contribution in [3.8, 4) is 0 Å². The number of aliphatic hydroxyl groups is 1. The third-order valence-corrected chi connectivity index (χ3v) is 4.07. The Morgan fingerprint density at radius 2 is 2.14 bits per heavy atom. The van der Waals surface area contributed by atoms with Crippen LogP contribution in [0.5, 0.6) is 0 Å². The lowest BCUT2D eigenvalue weighted by atomic mass is 9.99. The lowest BCUT2D eigenvalue weighted by Crippen LogP contribution is -2.39. The molecule has 0 spiro atoms. The summed E-state index contributed by atoms with van der Waals surface area (Å²) in [5.41, 5.74) is 1.16. The van der Waals surface area contributed by atoms with Crippen molar-refractivity contribution in [1.29, 1.82) is 0 Å². The van der Waals surface area contributed by atoms with E-state index in [1.165, 1.54) is 0 Å². The van der Waals surface area contributed by atoms with Crippen LogP contribution >= 0.6 is 0 Å². The van der Waals surface area contributed by atoms with Crippen molar-refractivity contribution in [2.75, 3.05) is 23.8 Å². The second-order valence-electron chi connectivity index (χ2n) is 5.69. The van der Waals surface area contributed by atoms with Gasteiger partial charge in [-0.3, -0.25) is 0 Å². The zero-order valence-electron chi connectivity index (χ0n) is 12.3. The maximum absolute atomic E-state index is 9.76. The number of imidazole rings is 1. The summed E-state index contributed by atoms with van der Waals surface area (Å²) in [5, 5.41) is 16.4. The molecule has 114 valence electrons. The van der Waals surface area contributed by atoms with E-state index in [4.69, 9.17) is 0 Å². The third-order valence-electron chi connectivity index (χ3n) is 4.07. The maximum Gasteiger partial charge on any atom is 0.226 e. The van der Waals surface area contributed by atoms with Gasteiger partial charge in [0.1, 0.15) is 5.52 Å². The minimum Gasteiger partial charge on any atom is -0.394 e. The fraction of sp³-hybridized carbons (Fsp3) is 0.643. The summed E-state index contributed by atoms with van der Waals surface area (Å²) in [6.45, 7) is 3.03. The van der Waals surface area contributed by atoms with Gasteiger partial charge in [-0.25, -0.2) is 4.98 Å². The summed E-state index contributed by atoms with van der Waals surface area (Å²) in [5.74, 6) is 1.29. The monoisotopic (exact) mass is 290 g/mol. The Labute approximate surface area is 123 Å². The molecule has 0 aromatic carbocycles. The SMILES string of the molecule is CCCNc1nc(NC2(CO)CCCC2)c2[nH]cnc2n1. The predicted molar refractivity (Wildman–Crippen MR) is 82.4 cm³/mol. The van der Waals surface area contributed by atoms with E-state index in [-0.39, 0.29) is 12.1 Å². The molecule has 0 atom stereocenters. The molecule has 3 rings (SSSR count). The van der Waals surface area contributed by atoms with Gasteiger partial charge in [0, 0.05) is 6.54 Å². The molecule has 0 radical (unpaired) electrons. The van der Waals surface area contributed by atoms with E-state index in [1.54, 1.807) is 6.33 Å². The number of fused-ring (bicyclic) bond motifs is 1. The van der Waals surface area contributed by atoms with Crippen LogP contribution in [0.1, 0.15) is 39.0 Å². The van der Waals surface area contributed by atoms with Crippen LogP contribution in [0.4, 0.5) is 11.8 Å². The van der Waals surface area contributed by atoms with Gasteiger partial charge in [-0.2, -0.15) is 9.97 Å². The number of hydrogen-bond acceptors (Lipinski definition) is 6. The average molecular weight is 290 g/mol. The Kier molecular flexibility index (Phi) is 3.92. The van der Waals surface area contributed by atoms with Gasteiger partial charge in [0.05, 0.1) is 18.5 Å². The van der Waals surface area contributed by atoms with Gasteiger partial charge in [-0.05, 0) is 19.3 Å². The first-order valence-corrected chi connectivity index (χ1v) is 7.60. The van der Waals surface area contributed by atoms with E-state index < -0.39 is 0 Å². The molecule has 0 bridgehead atoms. The molecule has 21 heavy (non-hydrogen) atoms. The number of H-pyrrole nitrogens is 1. The van der Waals surface area contributed by atoms with Gasteiger partial charge >= 0.3 is 0 Å². The lowest BCUT2D eigenvalue weighted by molar-refractivity contribution is 0.214. The smallest absolute Gasteiger partial charge is 0.226 e. The third kappa shape index (κ3) is 2.78. The normalized spacial score (nSPS) is 17.2. The van der Waals surface area contributed by atoms with Gasteiger partial charge in [0.25, 0.3) is 0 Å².